The molecule has 6 nitrogen and oxygen atoms in total. The number of nitrogens with two attached hydrogens (primary N) is 1. The number of benzene rings is 2. The van der Waals surface area contributed by atoms with E-state index in [0.29, 0.717) is 40.9 Å². The molecule has 7 heteroatoms. The van der Waals surface area contributed by atoms with Crippen LogP contribution in [0.5, 0.6) is 0 Å². The van der Waals surface area contributed by atoms with Crippen LogP contribution < -0.4 is 5.73 Å². The molecule has 4 rings (SSSR count). The summed E-state index contributed by atoms with van der Waals surface area (Å²) in [5.74, 6) is -0.492. The molecule has 27 heavy (non-hydrogen) atoms. The molecule has 0 bridgehead atoms. The molecule has 2 heterocycles. The highest BCUT2D eigenvalue weighted by Gasteiger charge is 2.30. The van der Waals surface area contributed by atoms with E-state index in [-0.39, 0.29) is 11.9 Å². The molecule has 1 amide bonds. The summed E-state index contributed by atoms with van der Waals surface area (Å²) in [6.45, 7) is 0.634. The van der Waals surface area contributed by atoms with Gasteiger partial charge in [0, 0.05) is 42.2 Å². The van der Waals surface area contributed by atoms with Gasteiger partial charge in [0.25, 0.3) is 5.91 Å². The summed E-state index contributed by atoms with van der Waals surface area (Å²) in [4.78, 5) is 22.0. The maximum Gasteiger partial charge on any atom is 0.254 e. The maximum atomic E-state index is 14.7. The van der Waals surface area contributed by atoms with Crippen molar-refractivity contribution >= 4 is 11.9 Å². The Morgan fingerprint density at radius 2 is 1.78 bits per heavy atom. The number of aliphatic hydroxyl groups is 1. The van der Waals surface area contributed by atoms with Gasteiger partial charge < -0.3 is 15.7 Å². The van der Waals surface area contributed by atoms with E-state index in [4.69, 9.17) is 5.73 Å². The third-order valence-corrected chi connectivity index (χ3v) is 4.57. The second-order valence-corrected chi connectivity index (χ2v) is 6.43. The highest BCUT2D eigenvalue weighted by atomic mass is 19.1. The van der Waals surface area contributed by atoms with Crippen molar-refractivity contribution in [2.24, 2.45) is 0 Å². The van der Waals surface area contributed by atoms with Crippen LogP contribution in [0.3, 0.4) is 0 Å². The summed E-state index contributed by atoms with van der Waals surface area (Å²) >= 11 is 0. The zero-order valence-electron chi connectivity index (χ0n) is 14.3. The summed E-state index contributed by atoms with van der Waals surface area (Å²) in [5.41, 5.74) is 8.06. The second-order valence-electron chi connectivity index (χ2n) is 6.43. The Morgan fingerprint density at radius 1 is 1.07 bits per heavy atom. The van der Waals surface area contributed by atoms with Crippen LogP contribution in [0.1, 0.15) is 10.4 Å². The van der Waals surface area contributed by atoms with Crippen LogP contribution in [-0.4, -0.2) is 45.1 Å². The highest BCUT2D eigenvalue weighted by molar-refractivity contribution is 6.01. The van der Waals surface area contributed by atoms with E-state index >= 15 is 0 Å². The molecule has 1 fully saturated rings. The number of amides is 1. The number of aromatic nitrogens is 2. The Balaban J connectivity index is 1.69. The van der Waals surface area contributed by atoms with Crippen molar-refractivity contribution in [3.05, 3.63) is 66.2 Å². The molecular weight excluding hydrogens is 347 g/mol. The van der Waals surface area contributed by atoms with Crippen molar-refractivity contribution in [1.29, 1.82) is 0 Å². The van der Waals surface area contributed by atoms with Crippen LogP contribution in [-0.2, 0) is 0 Å². The molecule has 0 unspecified atom stereocenters. The predicted octanol–water partition coefficient (Wildman–Crippen LogP) is 2.35. The van der Waals surface area contributed by atoms with E-state index in [1.807, 2.05) is 0 Å². The highest BCUT2D eigenvalue weighted by Crippen LogP contribution is 2.30. The van der Waals surface area contributed by atoms with Crippen molar-refractivity contribution in [2.75, 3.05) is 18.8 Å². The van der Waals surface area contributed by atoms with E-state index in [1.54, 1.807) is 41.3 Å². The summed E-state index contributed by atoms with van der Waals surface area (Å²) in [7, 11) is 0. The van der Waals surface area contributed by atoms with Crippen LogP contribution in [0.4, 0.5) is 10.3 Å². The molecule has 1 aliphatic rings. The van der Waals surface area contributed by atoms with Gasteiger partial charge in [0.2, 0.25) is 5.95 Å². The minimum Gasteiger partial charge on any atom is -0.389 e. The normalized spacial score (nSPS) is 14.1. The van der Waals surface area contributed by atoms with E-state index in [9.17, 15) is 14.3 Å². The first kappa shape index (κ1) is 17.1. The van der Waals surface area contributed by atoms with Crippen LogP contribution >= 0.6 is 0 Å². The number of hydrogen-bond donors (Lipinski definition) is 2. The third kappa shape index (κ3) is 3.24. The number of carbonyl (C=O) groups excluding carboxylic acids is 1. The van der Waals surface area contributed by atoms with E-state index < -0.39 is 11.9 Å². The number of carbonyl (C=O) groups is 1. The standard InChI is InChI=1S/C20H17FN4O2/c21-18-7-12(5-6-16(18)13-8-23-20(22)24-9-13)15-3-1-2-4-17(15)19(27)25-10-14(26)11-25/h1-9,14,26H,10-11H2,(H2,22,23,24). The van der Waals surface area contributed by atoms with Crippen LogP contribution in [0, 0.1) is 5.82 Å². The van der Waals surface area contributed by atoms with Crippen LogP contribution in [0.25, 0.3) is 22.3 Å². The topological polar surface area (TPSA) is 92.3 Å². The summed E-state index contributed by atoms with van der Waals surface area (Å²) in [5, 5.41) is 9.43. The molecule has 0 spiro atoms. The zero-order chi connectivity index (χ0) is 19.0. The number of likely N-dealkylation sites (tertiary alicyclic amines) is 1. The van der Waals surface area contributed by atoms with Gasteiger partial charge in [-0.15, -0.1) is 0 Å². The quantitative estimate of drug-likeness (QED) is 0.744. The van der Waals surface area contributed by atoms with Crippen molar-refractivity contribution in [1.82, 2.24) is 14.9 Å². The van der Waals surface area contributed by atoms with Gasteiger partial charge in [-0.2, -0.15) is 0 Å². The fraction of sp³-hybridized carbons (Fsp3) is 0.150. The third-order valence-electron chi connectivity index (χ3n) is 4.57. The number of nitrogen functional groups attached to an aromatic ring is 1. The number of rotatable bonds is 3. The molecule has 136 valence electrons. The monoisotopic (exact) mass is 364 g/mol. The SMILES string of the molecule is Nc1ncc(-c2ccc(-c3ccccc3C(=O)N3CC(O)C3)cc2F)cn1. The number of hydrogen-bond acceptors (Lipinski definition) is 5. The Bertz CT molecular complexity index is 1000. The number of nitrogens with zero attached hydrogens (tertiary/aromatic N) is 3. The van der Waals surface area contributed by atoms with Crippen molar-refractivity contribution in [3.63, 3.8) is 0 Å². The summed E-state index contributed by atoms with van der Waals surface area (Å²) in [6.07, 6.45) is 2.46. The van der Waals surface area contributed by atoms with Crippen molar-refractivity contribution < 1.29 is 14.3 Å². The average molecular weight is 364 g/mol. The van der Waals surface area contributed by atoms with Gasteiger partial charge in [-0.25, -0.2) is 14.4 Å². The van der Waals surface area contributed by atoms with E-state index in [1.165, 1.54) is 18.5 Å². The largest absolute Gasteiger partial charge is 0.389 e. The number of anilines is 1. The van der Waals surface area contributed by atoms with Gasteiger partial charge in [0.15, 0.2) is 0 Å². The number of aliphatic hydroxyl groups excluding tert-OH is 1. The molecule has 1 aromatic heterocycles. The lowest BCUT2D eigenvalue weighted by molar-refractivity contribution is 0.00595. The molecule has 0 aliphatic carbocycles. The van der Waals surface area contributed by atoms with Gasteiger partial charge in [0.05, 0.1) is 6.10 Å². The van der Waals surface area contributed by atoms with Gasteiger partial charge >= 0.3 is 0 Å². The van der Waals surface area contributed by atoms with Gasteiger partial charge in [-0.3, -0.25) is 4.79 Å². The van der Waals surface area contributed by atoms with Crippen molar-refractivity contribution in [2.45, 2.75) is 6.10 Å². The molecule has 0 radical (unpaired) electrons. The predicted molar refractivity (Wildman–Crippen MR) is 99.2 cm³/mol. The maximum absolute atomic E-state index is 14.7. The second kappa shape index (κ2) is 6.77. The Kier molecular flexibility index (Phi) is 4.29. The number of β-amino-alcohol motifs (C(OH)–C–C–N with tert-alkyl or cyclic N) is 1. The Morgan fingerprint density at radius 3 is 2.44 bits per heavy atom. The van der Waals surface area contributed by atoms with E-state index in [0.717, 1.165) is 0 Å². The van der Waals surface area contributed by atoms with E-state index in [2.05, 4.69) is 9.97 Å². The lowest BCUT2D eigenvalue weighted by Crippen LogP contribution is -2.53. The molecule has 3 aromatic rings. The first-order chi connectivity index (χ1) is 13.0. The minimum atomic E-state index is -0.472. The lowest BCUT2D eigenvalue weighted by atomic mass is 9.95. The zero-order valence-corrected chi connectivity index (χ0v) is 14.3. The molecule has 0 atom stereocenters. The first-order valence-corrected chi connectivity index (χ1v) is 8.47. The lowest BCUT2D eigenvalue weighted by Gasteiger charge is -2.36. The fourth-order valence-electron chi connectivity index (χ4n) is 3.11. The summed E-state index contributed by atoms with van der Waals surface area (Å²) in [6, 6.07) is 11.8. The number of halogens is 1. The molecule has 1 aliphatic heterocycles. The molecule has 1 saturated heterocycles. The van der Waals surface area contributed by atoms with Crippen LogP contribution in [0.2, 0.25) is 0 Å². The Labute approximate surface area is 155 Å². The molecule has 0 saturated carbocycles. The Hall–Kier alpha value is -3.32. The average Bonchev–Trinajstić information content (AvgIpc) is 2.66. The van der Waals surface area contributed by atoms with Gasteiger partial charge in [-0.05, 0) is 23.3 Å². The smallest absolute Gasteiger partial charge is 0.254 e. The minimum absolute atomic E-state index is 0.124. The summed E-state index contributed by atoms with van der Waals surface area (Å²) < 4.78 is 14.7. The van der Waals surface area contributed by atoms with Crippen LogP contribution in [0.15, 0.2) is 54.9 Å². The molecule has 3 N–H and O–H groups in total. The van der Waals surface area contributed by atoms with Gasteiger partial charge in [0.1, 0.15) is 5.82 Å². The van der Waals surface area contributed by atoms with Gasteiger partial charge in [-0.1, -0.05) is 30.3 Å². The molecular formula is C20H17FN4O2. The molecule has 2 aromatic carbocycles. The first-order valence-electron chi connectivity index (χ1n) is 8.47. The fourth-order valence-corrected chi connectivity index (χ4v) is 3.11. The van der Waals surface area contributed by atoms with Crippen molar-refractivity contribution in [3.8, 4) is 22.3 Å².